The Labute approximate surface area is 232 Å². The van der Waals surface area contributed by atoms with Gasteiger partial charge in [0.1, 0.15) is 24.2 Å². The summed E-state index contributed by atoms with van der Waals surface area (Å²) < 4.78 is 5.11. The van der Waals surface area contributed by atoms with Crippen molar-refractivity contribution in [1.82, 2.24) is 20.2 Å². The predicted octanol–water partition coefficient (Wildman–Crippen LogP) is 5.49. The van der Waals surface area contributed by atoms with Crippen molar-refractivity contribution in [1.29, 1.82) is 0 Å². The summed E-state index contributed by atoms with van der Waals surface area (Å²) in [5.74, 6) is 0.975. The van der Waals surface area contributed by atoms with E-state index in [1.54, 1.807) is 0 Å². The molecule has 2 unspecified atom stereocenters. The molecule has 2 heterocycles. The largest absolute Gasteiger partial charge is 0.491 e. The molecule has 0 bridgehead atoms. The highest BCUT2D eigenvalue weighted by molar-refractivity contribution is 6.30. The molecule has 3 aromatic carbocycles. The smallest absolute Gasteiger partial charge is 0.325 e. The maximum absolute atomic E-state index is 12.5. The highest BCUT2D eigenvalue weighted by atomic mass is 35.5. The van der Waals surface area contributed by atoms with E-state index < -0.39 is 12.1 Å². The van der Waals surface area contributed by atoms with Crippen LogP contribution in [0, 0.1) is 6.92 Å². The van der Waals surface area contributed by atoms with Crippen LogP contribution in [0.5, 0.6) is 5.75 Å². The average Bonchev–Trinajstić information content (AvgIpc) is 3.51. The van der Waals surface area contributed by atoms with Crippen molar-refractivity contribution in [2.45, 2.75) is 25.8 Å². The number of para-hydroxylation sites is 1. The van der Waals surface area contributed by atoms with Gasteiger partial charge in [0, 0.05) is 22.2 Å². The van der Waals surface area contributed by atoms with Crippen LogP contribution in [0.25, 0.3) is 11.3 Å². The van der Waals surface area contributed by atoms with Gasteiger partial charge in [0.25, 0.3) is 5.91 Å². The Hall–Kier alpha value is -4.14. The monoisotopic (exact) mass is 546 g/mol. The van der Waals surface area contributed by atoms with Gasteiger partial charge >= 0.3 is 6.03 Å². The lowest BCUT2D eigenvalue weighted by molar-refractivity contribution is -0.127. The molecule has 0 saturated carbocycles. The number of halogens is 1. The average molecular weight is 547 g/mol. The van der Waals surface area contributed by atoms with Gasteiger partial charge in [-0.05, 0) is 36.8 Å². The summed E-state index contributed by atoms with van der Waals surface area (Å²) in [4.78, 5) is 34.4. The zero-order valence-corrected chi connectivity index (χ0v) is 22.6. The number of rotatable bonds is 8. The summed E-state index contributed by atoms with van der Waals surface area (Å²) in [6.45, 7) is 4.36. The van der Waals surface area contributed by atoms with Gasteiger partial charge in [0.05, 0.1) is 18.8 Å². The van der Waals surface area contributed by atoms with Gasteiger partial charge in [0.2, 0.25) is 0 Å². The molecule has 39 heavy (non-hydrogen) atoms. The topological polar surface area (TPSA) is 108 Å². The number of aromatic nitrogens is 2. The van der Waals surface area contributed by atoms with E-state index in [-0.39, 0.29) is 25.0 Å². The molecule has 1 fully saturated rings. The lowest BCUT2D eigenvalue weighted by Gasteiger charge is -2.29. The molecule has 1 aromatic heterocycles. The third kappa shape index (κ3) is 6.85. The third-order valence-electron chi connectivity index (χ3n) is 6.36. The van der Waals surface area contributed by atoms with E-state index >= 15 is 0 Å². The van der Waals surface area contributed by atoms with Gasteiger partial charge in [-0.2, -0.15) is 0 Å². The van der Waals surface area contributed by atoms with E-state index in [2.05, 4.69) is 10.3 Å². The molecule has 202 valence electrons. The predicted molar refractivity (Wildman–Crippen MR) is 151 cm³/mol. The second kappa shape index (κ2) is 13.1. The number of H-pyrrole nitrogens is 1. The number of benzene rings is 3. The Kier molecular flexibility index (Phi) is 9.35. The number of carbonyl (C=O) groups excluding carboxylic acids is 2. The van der Waals surface area contributed by atoms with Gasteiger partial charge in [-0.1, -0.05) is 79.2 Å². The lowest BCUT2D eigenvalue weighted by Crippen LogP contribution is -2.38. The summed E-state index contributed by atoms with van der Waals surface area (Å²) in [6, 6.07) is 25.7. The molecule has 3 amide bonds. The summed E-state index contributed by atoms with van der Waals surface area (Å²) in [5, 5.41) is 11.7. The van der Waals surface area contributed by atoms with Crippen LogP contribution in [0.4, 0.5) is 4.79 Å². The summed E-state index contributed by atoms with van der Waals surface area (Å²) >= 11 is 6.01. The minimum Gasteiger partial charge on any atom is -0.491 e. The number of hydrogen-bond acceptors (Lipinski definition) is 5. The number of carbonyl (C=O) groups is 2. The normalized spacial score (nSPS) is 14.3. The molecule has 1 saturated heterocycles. The molecular weight excluding hydrogens is 516 g/mol. The highest BCUT2D eigenvalue weighted by Gasteiger charge is 2.41. The first-order chi connectivity index (χ1) is 18.9. The summed E-state index contributed by atoms with van der Waals surface area (Å²) in [6.07, 6.45) is 0. The summed E-state index contributed by atoms with van der Waals surface area (Å²) in [5.41, 5.74) is 3.57. The molecule has 4 aromatic rings. The number of nitrogens with zero attached hydrogens (tertiary/aromatic N) is 2. The molecule has 3 N–H and O–H groups in total. The van der Waals surface area contributed by atoms with Crippen molar-refractivity contribution >= 4 is 23.5 Å². The maximum Gasteiger partial charge on any atom is 0.325 e. The minimum absolute atomic E-state index is 0.000571. The van der Waals surface area contributed by atoms with Crippen molar-refractivity contribution < 1.29 is 19.4 Å². The third-order valence-corrected chi connectivity index (χ3v) is 6.61. The second-order valence-electron chi connectivity index (χ2n) is 9.05. The quantitative estimate of drug-likeness (QED) is 0.253. The number of aromatic amines is 1. The molecular formula is C30H31ClN4O4. The number of urea groups is 1. The van der Waals surface area contributed by atoms with Gasteiger partial charge in [-0.15, -0.1) is 0 Å². The van der Waals surface area contributed by atoms with E-state index in [4.69, 9.17) is 26.4 Å². The number of hydrogen-bond donors (Lipinski definition) is 3. The number of imidazole rings is 1. The Bertz CT molecular complexity index is 1360. The van der Waals surface area contributed by atoms with Crippen molar-refractivity contribution in [3.63, 3.8) is 0 Å². The molecule has 9 heteroatoms. The Balaban J connectivity index is 0.000000298. The van der Waals surface area contributed by atoms with Crippen LogP contribution in [0.2, 0.25) is 5.02 Å². The van der Waals surface area contributed by atoms with Gasteiger partial charge in [-0.3, -0.25) is 9.69 Å². The van der Waals surface area contributed by atoms with E-state index in [9.17, 15) is 9.59 Å². The van der Waals surface area contributed by atoms with Gasteiger partial charge in [-0.25, -0.2) is 9.78 Å². The number of nitrogens with one attached hydrogen (secondary N) is 2. The van der Waals surface area contributed by atoms with E-state index in [0.717, 1.165) is 28.3 Å². The molecule has 8 nitrogen and oxygen atoms in total. The van der Waals surface area contributed by atoms with E-state index in [0.29, 0.717) is 17.5 Å². The second-order valence-corrected chi connectivity index (χ2v) is 9.49. The molecule has 0 spiro atoms. The van der Waals surface area contributed by atoms with Crippen molar-refractivity contribution in [2.24, 2.45) is 0 Å². The van der Waals surface area contributed by atoms with Gasteiger partial charge < -0.3 is 20.1 Å². The fraction of sp³-hybridized carbons (Fsp3) is 0.233. The zero-order chi connectivity index (χ0) is 27.8. The van der Waals surface area contributed by atoms with Crippen LogP contribution < -0.4 is 10.1 Å². The molecule has 0 aliphatic carbocycles. The van der Waals surface area contributed by atoms with E-state index in [1.165, 1.54) is 4.90 Å². The highest BCUT2D eigenvalue weighted by Crippen LogP contribution is 2.37. The standard InChI is InChI=1S/C22H21ClN4O2.C8H10O2/c1-13(15-6-4-3-5-7-15)20(27-18(28)12-24-22(27)29)21-25-14(2)19(26-21)16-8-10-17(23)11-9-16;9-6-7-10-8-4-2-1-3-5-8/h3-11,13,20H,12H2,1-2H3,(H,24,29)(H,25,26);1-5,9H,6-7H2. The van der Waals surface area contributed by atoms with Crippen LogP contribution in [0.1, 0.15) is 36.0 Å². The molecule has 1 aliphatic heterocycles. The number of ether oxygens (including phenoxy) is 1. The molecule has 0 radical (unpaired) electrons. The maximum atomic E-state index is 12.5. The first kappa shape index (κ1) is 27.9. The Morgan fingerprint density at radius 2 is 1.64 bits per heavy atom. The first-order valence-corrected chi connectivity index (χ1v) is 13.0. The van der Waals surface area contributed by atoms with Crippen LogP contribution >= 0.6 is 11.6 Å². The number of aryl methyl sites for hydroxylation is 1. The molecule has 2 atom stereocenters. The Morgan fingerprint density at radius 1 is 1.00 bits per heavy atom. The number of imide groups is 1. The van der Waals surface area contributed by atoms with Crippen LogP contribution in [0.15, 0.2) is 84.9 Å². The van der Waals surface area contributed by atoms with Crippen molar-refractivity contribution in [3.05, 3.63) is 107 Å². The summed E-state index contributed by atoms with van der Waals surface area (Å²) in [7, 11) is 0. The Morgan fingerprint density at radius 3 is 2.23 bits per heavy atom. The zero-order valence-electron chi connectivity index (χ0n) is 21.8. The molecule has 5 rings (SSSR count). The number of aliphatic hydroxyl groups excluding tert-OH is 1. The molecule has 1 aliphatic rings. The fourth-order valence-electron chi connectivity index (χ4n) is 4.43. The van der Waals surface area contributed by atoms with Crippen LogP contribution in [-0.4, -0.2) is 51.7 Å². The number of aliphatic hydroxyl groups is 1. The van der Waals surface area contributed by atoms with Gasteiger partial charge in [0.15, 0.2) is 0 Å². The van der Waals surface area contributed by atoms with Crippen molar-refractivity contribution in [3.8, 4) is 17.0 Å². The first-order valence-electron chi connectivity index (χ1n) is 12.6. The minimum atomic E-state index is -0.549. The number of amides is 3. The van der Waals surface area contributed by atoms with E-state index in [1.807, 2.05) is 98.8 Å². The van der Waals surface area contributed by atoms with Crippen molar-refractivity contribution in [2.75, 3.05) is 19.8 Å². The SMILES string of the molecule is Cc1[nH]c(C(C(C)c2ccccc2)N2C(=O)CNC2=O)nc1-c1ccc(Cl)cc1.OCCOc1ccccc1. The lowest BCUT2D eigenvalue weighted by atomic mass is 9.91. The fourth-order valence-corrected chi connectivity index (χ4v) is 4.56. The van der Waals surface area contributed by atoms with Crippen LogP contribution in [-0.2, 0) is 4.79 Å². The van der Waals surface area contributed by atoms with Crippen LogP contribution in [0.3, 0.4) is 0 Å².